The average molecular weight is 1730 g/mol. The van der Waals surface area contributed by atoms with Gasteiger partial charge in [-0.05, 0) is 91.9 Å². The summed E-state index contributed by atoms with van der Waals surface area (Å²) < 4.78 is 4.22. The van der Waals surface area contributed by atoms with E-state index in [0.29, 0.717) is 12.8 Å². The largest absolute Gasteiger partial charge is 0.393 e. The smallest absolute Gasteiger partial charge is 0.281 e. The van der Waals surface area contributed by atoms with E-state index in [0.717, 1.165) is 73.5 Å². The molecule has 3 heterocycles. The molecule has 11 nitrogen and oxygen atoms in total. The Kier molecular flexibility index (Phi) is 31.5. The Morgan fingerprint density at radius 2 is 0.955 bits per heavy atom. The van der Waals surface area contributed by atoms with Crippen molar-refractivity contribution >= 4 is 0 Å². The van der Waals surface area contributed by atoms with Crippen LogP contribution >= 0.6 is 0 Å². The van der Waals surface area contributed by atoms with E-state index in [1.165, 1.54) is 16.7 Å². The molecule has 0 fully saturated rings. The van der Waals surface area contributed by atoms with Crippen molar-refractivity contribution in [1.82, 2.24) is 29.7 Å². The van der Waals surface area contributed by atoms with Gasteiger partial charge in [-0.1, -0.05) is 170 Å². The zero-order valence-corrected chi connectivity index (χ0v) is 60.9. The van der Waals surface area contributed by atoms with Crippen molar-refractivity contribution in [1.29, 1.82) is 0 Å². The maximum Gasteiger partial charge on any atom is 0.281 e. The fourth-order valence-corrected chi connectivity index (χ4v) is 8.99. The van der Waals surface area contributed by atoms with Crippen molar-refractivity contribution in [3.05, 3.63) is 241 Å². The predicted molar refractivity (Wildman–Crippen MR) is 349 cm³/mol. The zero-order chi connectivity index (χ0) is 62.6. The Labute approximate surface area is 570 Å². The first-order valence-electron chi connectivity index (χ1n) is 29.4. The molecule has 10 rings (SSSR count). The number of para-hydroxylation sites is 2. The van der Waals surface area contributed by atoms with Gasteiger partial charge in [-0.3, -0.25) is 4.98 Å². The molecule has 3 radical (unpaired) electrons. The summed E-state index contributed by atoms with van der Waals surface area (Å²) in [7, 11) is 0. The fraction of sp³-hybridized carbons (Fsp3) is 0.307. The van der Waals surface area contributed by atoms with Crippen molar-refractivity contribution < 1.29 is 85.3 Å². The van der Waals surface area contributed by atoms with Gasteiger partial charge in [-0.15, -0.1) is 107 Å². The van der Waals surface area contributed by atoms with Crippen LogP contribution in [0, 0.1) is 49.8 Å². The van der Waals surface area contributed by atoms with Crippen LogP contribution in [0.2, 0.25) is 0 Å². The van der Waals surface area contributed by atoms with Crippen molar-refractivity contribution in [2.75, 3.05) is 0 Å². The summed E-state index contributed by atoms with van der Waals surface area (Å²) in [6, 6.07) is 70.7. The minimum atomic E-state index is -0.443. The standard InChI is InChI=1S/C23H20N3.C22H16N2.C14H15N2.C11H24O2.C5H12O2.3Ir/c1-16-10-7-8-15-20(16)23-25-24-22(19-13-5-4-6-14-19)26(23)21-17(2)11-9-12-18(21)3;1-4-10-18(11-5-1)21-16-24(20-14-8-3-9-15-20)17-23-22(21)19-12-6-2-7-13-19;1-14(2,3)13-9-12(15-10-16-13)11-7-5-4-6-8-11;1-10(2,3)8(12)7-9(13)11(4,5)6;1-4(6)3-5(2)7;;;/h4-13,15H,1-3H3;1-12,14-17H;4-7,9-10H,1-3H3;8-9,12-13H,7H2,1-6H3;4-7H,3H2,1-2H3;;;/q-1;;-1;;;;;. The van der Waals surface area contributed by atoms with Crippen LogP contribution in [0.25, 0.3) is 67.8 Å². The molecule has 4 N–H and O–H groups in total. The van der Waals surface area contributed by atoms with Gasteiger partial charge in [-0.2, -0.15) is 5.10 Å². The van der Waals surface area contributed by atoms with Crippen molar-refractivity contribution in [3.8, 4) is 67.8 Å². The van der Waals surface area contributed by atoms with Gasteiger partial charge in [0.25, 0.3) is 6.33 Å². The number of aliphatic hydroxyl groups excluding tert-OH is 4. The number of nitrogens with zero attached hydrogens (tertiary/aromatic N) is 7. The molecule has 4 atom stereocenters. The number of aromatic nitrogens is 7. The van der Waals surface area contributed by atoms with Crippen molar-refractivity contribution in [2.24, 2.45) is 10.8 Å². The summed E-state index contributed by atoms with van der Waals surface area (Å²) in [6.07, 6.45) is 4.90. The van der Waals surface area contributed by atoms with Gasteiger partial charge in [0.05, 0.1) is 36.4 Å². The molecular weight excluding hydrogens is 1640 g/mol. The molecule has 3 aromatic heterocycles. The molecule has 0 aliphatic carbocycles. The number of hydrogen-bond donors (Lipinski definition) is 4. The Balaban J connectivity index is 0.000000305. The van der Waals surface area contributed by atoms with Gasteiger partial charge in [-0.25, -0.2) is 9.55 Å². The maximum absolute atomic E-state index is 9.76. The van der Waals surface area contributed by atoms with Crippen molar-refractivity contribution in [3.63, 3.8) is 0 Å². The van der Waals surface area contributed by atoms with E-state index >= 15 is 0 Å². The molecule has 0 bridgehead atoms. The molecule has 0 spiro atoms. The maximum atomic E-state index is 9.76. The van der Waals surface area contributed by atoms with Crippen LogP contribution in [-0.4, -0.2) is 74.6 Å². The first-order valence-corrected chi connectivity index (χ1v) is 29.4. The van der Waals surface area contributed by atoms with E-state index in [-0.39, 0.29) is 88.8 Å². The third-order valence-corrected chi connectivity index (χ3v) is 14.1. The second kappa shape index (κ2) is 36.5. The topological polar surface area (TPSA) is 154 Å². The Hall–Kier alpha value is -6.37. The third kappa shape index (κ3) is 23.4. The summed E-state index contributed by atoms with van der Waals surface area (Å²) >= 11 is 0. The fourth-order valence-electron chi connectivity index (χ4n) is 8.99. The van der Waals surface area contributed by atoms with Crippen LogP contribution in [0.4, 0.5) is 0 Å². The van der Waals surface area contributed by atoms with E-state index in [9.17, 15) is 10.2 Å². The van der Waals surface area contributed by atoms with E-state index in [1.54, 1.807) is 20.2 Å². The van der Waals surface area contributed by atoms with Crippen LogP contribution in [0.1, 0.15) is 111 Å². The SMILES string of the molecule is CC(C)(C)C(O)CC(O)C(C)(C)C.CC(C)(C)c1cc(-c2[c-]cccc2)ncn1.CC(O)CC(C)O.Cc1ccccc1-c1nnc(-c2[c-]cccc2)n1-c1c(C)cccc1C.[Ir].[Ir].[Ir].[c-]1ccccc1-c1nc[n+](-c2ccccc2)cc1-c1ccccc1. The second-order valence-electron chi connectivity index (χ2n) is 24.8. The summed E-state index contributed by atoms with van der Waals surface area (Å²) in [5, 5.41) is 45.8. The minimum Gasteiger partial charge on any atom is -0.393 e. The molecule has 0 aliphatic heterocycles. The van der Waals surface area contributed by atoms with Gasteiger partial charge >= 0.3 is 0 Å². The normalized spacial score (nSPS) is 12.2. The summed E-state index contributed by atoms with van der Waals surface area (Å²) in [6.45, 7) is 28.0. The Bertz CT molecular complexity index is 3580. The van der Waals surface area contributed by atoms with Crippen molar-refractivity contribution in [2.45, 2.75) is 140 Å². The number of rotatable bonds is 11. The Morgan fingerprint density at radius 1 is 0.483 bits per heavy atom. The zero-order valence-electron chi connectivity index (χ0n) is 53.7. The summed E-state index contributed by atoms with van der Waals surface area (Å²) in [5.74, 6) is 1.66. The van der Waals surface area contributed by atoms with Crippen LogP contribution in [-0.2, 0) is 65.7 Å². The van der Waals surface area contributed by atoms with Gasteiger partial charge in [0.1, 0.15) is 17.7 Å². The number of aliphatic hydroxyl groups is 4. The molecule has 89 heavy (non-hydrogen) atoms. The van der Waals surface area contributed by atoms with Gasteiger partial charge < -0.3 is 25.0 Å². The molecule has 0 saturated carbocycles. The Morgan fingerprint density at radius 3 is 1.44 bits per heavy atom. The van der Waals surface area contributed by atoms with E-state index in [2.05, 4.69) is 150 Å². The molecule has 10 aromatic rings. The molecule has 475 valence electrons. The number of hydrogen-bond acceptors (Lipinski definition) is 9. The number of aryl methyl sites for hydroxylation is 3. The molecule has 0 aliphatic rings. The monoisotopic (exact) mass is 1730 g/mol. The van der Waals surface area contributed by atoms with Crippen LogP contribution in [0.5, 0.6) is 0 Å². The van der Waals surface area contributed by atoms with Gasteiger partial charge in [0.2, 0.25) is 0 Å². The van der Waals surface area contributed by atoms with E-state index in [1.807, 2.05) is 175 Å². The second-order valence-corrected chi connectivity index (χ2v) is 24.8. The first-order chi connectivity index (χ1) is 40.8. The van der Waals surface area contributed by atoms with Crippen LogP contribution < -0.4 is 4.57 Å². The molecule has 7 aromatic carbocycles. The van der Waals surface area contributed by atoms with E-state index in [4.69, 9.17) is 15.2 Å². The minimum absolute atomic E-state index is 0. The molecule has 4 unspecified atom stereocenters. The van der Waals surface area contributed by atoms with Crippen LogP contribution in [0.3, 0.4) is 0 Å². The molecular formula is C75H87Ir3N7O4-2. The van der Waals surface area contributed by atoms with Gasteiger partial charge in [0, 0.05) is 94.7 Å². The average Bonchev–Trinajstić information content (AvgIpc) is 3.20. The molecule has 14 heteroatoms. The van der Waals surface area contributed by atoms with Crippen LogP contribution in [0.15, 0.2) is 201 Å². The summed E-state index contributed by atoms with van der Waals surface area (Å²) in [5.41, 5.74) is 14.7. The summed E-state index contributed by atoms with van der Waals surface area (Å²) in [4.78, 5) is 13.3. The quantitative estimate of drug-likeness (QED) is 0.0732. The molecule has 0 amide bonds. The number of benzene rings is 7. The third-order valence-electron chi connectivity index (χ3n) is 14.1. The predicted octanol–water partition coefficient (Wildman–Crippen LogP) is 15.4. The van der Waals surface area contributed by atoms with Gasteiger partial charge in [0.15, 0.2) is 5.82 Å². The van der Waals surface area contributed by atoms with E-state index < -0.39 is 12.2 Å². The first kappa shape index (κ1) is 76.9. The molecule has 0 saturated heterocycles.